The molecule has 1 amide bonds. The zero-order valence-electron chi connectivity index (χ0n) is 15.0. The smallest absolute Gasteiger partial charge is 0.288 e. The summed E-state index contributed by atoms with van der Waals surface area (Å²) in [5.74, 6) is -2.28. The zero-order valence-corrected chi connectivity index (χ0v) is 15.8. The fourth-order valence-corrected chi connectivity index (χ4v) is 3.19. The lowest BCUT2D eigenvalue weighted by molar-refractivity contribution is -0.117. The van der Waals surface area contributed by atoms with Gasteiger partial charge in [-0.3, -0.25) is 14.5 Å². The predicted molar refractivity (Wildman–Crippen MR) is 106 cm³/mol. The van der Waals surface area contributed by atoms with E-state index in [1.54, 1.807) is 48.3 Å². The molecule has 0 aliphatic carbocycles. The van der Waals surface area contributed by atoms with Crippen LogP contribution in [0.2, 0.25) is 0 Å². The number of carbonyl (C=O) groups is 1. The molecule has 0 unspecified atom stereocenters. The average molecular weight is 404 g/mol. The van der Waals surface area contributed by atoms with Crippen LogP contribution < -0.4 is 10.9 Å². The van der Waals surface area contributed by atoms with Crippen molar-refractivity contribution in [3.8, 4) is 0 Å². The van der Waals surface area contributed by atoms with Crippen molar-refractivity contribution in [2.24, 2.45) is 0 Å². The van der Waals surface area contributed by atoms with Crippen molar-refractivity contribution < 1.29 is 13.6 Å². The highest BCUT2D eigenvalue weighted by Crippen LogP contribution is 2.26. The van der Waals surface area contributed by atoms with Crippen LogP contribution in [0.15, 0.2) is 58.2 Å². The average Bonchev–Trinajstić information content (AvgIpc) is 2.62. The van der Waals surface area contributed by atoms with E-state index in [2.05, 4.69) is 15.3 Å². The summed E-state index contributed by atoms with van der Waals surface area (Å²) in [4.78, 5) is 33.6. The first-order valence-electron chi connectivity index (χ1n) is 8.42. The lowest BCUT2D eigenvalue weighted by Crippen LogP contribution is -2.31. The number of H-pyrrole nitrogens is 1. The predicted octanol–water partition coefficient (Wildman–Crippen LogP) is 3.31. The molecule has 146 valence electrons. The minimum absolute atomic E-state index is 0.0735. The normalized spacial score (nSPS) is 11.3. The van der Waals surface area contributed by atoms with E-state index in [0.29, 0.717) is 39.1 Å². The van der Waals surface area contributed by atoms with E-state index in [4.69, 9.17) is 0 Å². The van der Waals surface area contributed by atoms with Gasteiger partial charge in [0.15, 0.2) is 0 Å². The monoisotopic (exact) mass is 404 g/mol. The summed E-state index contributed by atoms with van der Waals surface area (Å²) in [7, 11) is 1.73. The number of anilines is 1. The minimum atomic E-state index is -2.48. The molecule has 0 radical (unpaired) electrons. The van der Waals surface area contributed by atoms with Crippen molar-refractivity contribution in [1.82, 2.24) is 14.9 Å². The summed E-state index contributed by atoms with van der Waals surface area (Å²) < 4.78 is 24.7. The number of fused-ring (bicyclic) bond motifs is 1. The van der Waals surface area contributed by atoms with Gasteiger partial charge >= 0.3 is 0 Å². The summed E-state index contributed by atoms with van der Waals surface area (Å²) in [5, 5.41) is 3.22. The SMILES string of the molecule is CN(CC(=O)Nc1ccc(SC(F)F)cc1)Cc1nc2ccccc2c(=O)[nH]1. The standard InChI is InChI=1S/C19H18F2N4O2S/c1-25(10-16-23-15-5-3-2-4-14(15)18(27)24-16)11-17(26)22-12-6-8-13(9-7-12)28-19(20)21/h2-9,19H,10-11H2,1H3,(H,22,26)(H,23,24,27). The number of halogens is 2. The van der Waals surface area contributed by atoms with Crippen molar-refractivity contribution in [3.63, 3.8) is 0 Å². The van der Waals surface area contributed by atoms with Gasteiger partial charge in [-0.05, 0) is 43.4 Å². The zero-order chi connectivity index (χ0) is 20.1. The number of benzene rings is 2. The maximum absolute atomic E-state index is 12.3. The van der Waals surface area contributed by atoms with Crippen molar-refractivity contribution in [1.29, 1.82) is 0 Å². The fourth-order valence-electron chi connectivity index (χ4n) is 2.69. The summed E-state index contributed by atoms with van der Waals surface area (Å²) in [5.41, 5.74) is 0.898. The van der Waals surface area contributed by atoms with Crippen LogP contribution in [0.3, 0.4) is 0 Å². The molecule has 6 nitrogen and oxygen atoms in total. The summed E-state index contributed by atoms with van der Waals surface area (Å²) in [6.07, 6.45) is 0. The number of aromatic nitrogens is 2. The van der Waals surface area contributed by atoms with E-state index in [1.165, 1.54) is 12.1 Å². The van der Waals surface area contributed by atoms with Gasteiger partial charge in [0.05, 0.1) is 24.0 Å². The van der Waals surface area contributed by atoms with Gasteiger partial charge in [0, 0.05) is 10.6 Å². The topological polar surface area (TPSA) is 78.1 Å². The number of likely N-dealkylation sites (N-methyl/N-ethyl adjacent to an activating group) is 1. The Morgan fingerprint density at radius 1 is 1.21 bits per heavy atom. The van der Waals surface area contributed by atoms with Crippen molar-refractivity contribution in [3.05, 3.63) is 64.7 Å². The van der Waals surface area contributed by atoms with E-state index in [-0.39, 0.29) is 24.6 Å². The molecule has 3 rings (SSSR count). The molecule has 2 aromatic carbocycles. The molecule has 3 aromatic rings. The van der Waals surface area contributed by atoms with Gasteiger partial charge in [-0.1, -0.05) is 23.9 Å². The van der Waals surface area contributed by atoms with Crippen LogP contribution in [0, 0.1) is 0 Å². The number of thioether (sulfide) groups is 1. The van der Waals surface area contributed by atoms with Gasteiger partial charge in [-0.15, -0.1) is 0 Å². The second-order valence-electron chi connectivity index (χ2n) is 6.15. The van der Waals surface area contributed by atoms with Crippen molar-refractivity contribution >= 4 is 34.3 Å². The number of carbonyl (C=O) groups excluding carboxylic acids is 1. The number of alkyl halides is 2. The van der Waals surface area contributed by atoms with Crippen LogP contribution >= 0.6 is 11.8 Å². The first kappa shape index (κ1) is 20.0. The van der Waals surface area contributed by atoms with Gasteiger partial charge in [0.1, 0.15) is 5.82 Å². The summed E-state index contributed by atoms with van der Waals surface area (Å²) in [6.45, 7) is 0.363. The van der Waals surface area contributed by atoms with Crippen molar-refractivity contribution in [2.75, 3.05) is 18.9 Å². The van der Waals surface area contributed by atoms with Crippen molar-refractivity contribution in [2.45, 2.75) is 17.2 Å². The third-order valence-electron chi connectivity index (χ3n) is 3.86. The first-order chi connectivity index (χ1) is 13.4. The molecule has 0 spiro atoms. The molecular formula is C19H18F2N4O2S. The second-order valence-corrected chi connectivity index (χ2v) is 7.22. The van der Waals surface area contributed by atoms with Gasteiger partial charge < -0.3 is 10.3 Å². The molecule has 0 atom stereocenters. The Morgan fingerprint density at radius 3 is 2.64 bits per heavy atom. The number of para-hydroxylation sites is 1. The largest absolute Gasteiger partial charge is 0.325 e. The van der Waals surface area contributed by atoms with Gasteiger partial charge in [-0.2, -0.15) is 8.78 Å². The molecule has 9 heteroatoms. The molecule has 1 aromatic heterocycles. The van der Waals surface area contributed by atoms with E-state index in [9.17, 15) is 18.4 Å². The summed E-state index contributed by atoms with van der Waals surface area (Å²) in [6, 6.07) is 13.2. The maximum atomic E-state index is 12.3. The number of amides is 1. The molecule has 0 fully saturated rings. The number of hydrogen-bond donors (Lipinski definition) is 2. The Hall–Kier alpha value is -2.78. The highest BCUT2D eigenvalue weighted by molar-refractivity contribution is 7.99. The van der Waals surface area contributed by atoms with Gasteiger partial charge in [-0.25, -0.2) is 4.98 Å². The molecule has 2 N–H and O–H groups in total. The third kappa shape index (κ3) is 5.37. The van der Waals surface area contributed by atoms with Crippen LogP contribution in [-0.4, -0.2) is 40.1 Å². The molecule has 0 saturated carbocycles. The number of rotatable bonds is 7. The molecule has 1 heterocycles. The van der Waals surface area contributed by atoms with Crippen LogP contribution in [0.25, 0.3) is 10.9 Å². The van der Waals surface area contributed by atoms with Crippen LogP contribution in [-0.2, 0) is 11.3 Å². The maximum Gasteiger partial charge on any atom is 0.288 e. The second kappa shape index (κ2) is 8.94. The Balaban J connectivity index is 1.58. The number of nitrogens with one attached hydrogen (secondary N) is 2. The Morgan fingerprint density at radius 2 is 1.93 bits per heavy atom. The molecule has 0 saturated heterocycles. The summed E-state index contributed by atoms with van der Waals surface area (Å²) >= 11 is 0.450. The lowest BCUT2D eigenvalue weighted by atomic mass is 10.2. The number of hydrogen-bond acceptors (Lipinski definition) is 5. The van der Waals surface area contributed by atoms with Gasteiger partial charge in [0.2, 0.25) is 5.91 Å². The lowest BCUT2D eigenvalue weighted by Gasteiger charge is -2.16. The molecule has 28 heavy (non-hydrogen) atoms. The molecule has 0 aliphatic rings. The molecule has 0 bridgehead atoms. The Kier molecular flexibility index (Phi) is 6.37. The highest BCUT2D eigenvalue weighted by Gasteiger charge is 2.11. The van der Waals surface area contributed by atoms with Crippen LogP contribution in [0.4, 0.5) is 14.5 Å². The van der Waals surface area contributed by atoms with E-state index in [1.807, 2.05) is 0 Å². The molecular weight excluding hydrogens is 386 g/mol. The number of nitrogens with zero attached hydrogens (tertiary/aromatic N) is 2. The number of aromatic amines is 1. The third-order valence-corrected chi connectivity index (χ3v) is 4.58. The fraction of sp³-hybridized carbons (Fsp3) is 0.211. The van der Waals surface area contributed by atoms with Gasteiger partial charge in [0.25, 0.3) is 11.3 Å². The van der Waals surface area contributed by atoms with E-state index >= 15 is 0 Å². The quantitative estimate of drug-likeness (QED) is 0.591. The Bertz CT molecular complexity index is 1020. The Labute approximate surface area is 164 Å². The first-order valence-corrected chi connectivity index (χ1v) is 9.30. The molecule has 0 aliphatic heterocycles. The van der Waals surface area contributed by atoms with E-state index < -0.39 is 5.76 Å². The highest BCUT2D eigenvalue weighted by atomic mass is 32.2. The minimum Gasteiger partial charge on any atom is -0.325 e. The van der Waals surface area contributed by atoms with Crippen LogP contribution in [0.5, 0.6) is 0 Å². The van der Waals surface area contributed by atoms with Crippen LogP contribution in [0.1, 0.15) is 5.82 Å². The van der Waals surface area contributed by atoms with E-state index in [0.717, 1.165) is 0 Å².